The van der Waals surface area contributed by atoms with E-state index in [0.29, 0.717) is 21.0 Å². The highest BCUT2D eigenvalue weighted by Gasteiger charge is 2.37. The fourth-order valence-corrected chi connectivity index (χ4v) is 6.19. The Morgan fingerprint density at radius 2 is 2.04 bits per heavy atom. The third-order valence-electron chi connectivity index (χ3n) is 5.64. The first-order valence-electron chi connectivity index (χ1n) is 9.05. The third kappa shape index (κ3) is 3.36. The van der Waals surface area contributed by atoms with Gasteiger partial charge in [0.15, 0.2) is 0 Å². The molecule has 2 heterocycles. The van der Waals surface area contributed by atoms with Crippen LogP contribution in [0.4, 0.5) is 5.00 Å². The second-order valence-corrected chi connectivity index (χ2v) is 10.8. The van der Waals surface area contributed by atoms with E-state index in [0.717, 1.165) is 29.8 Å². The lowest BCUT2D eigenvalue weighted by molar-refractivity contribution is 0.0934. The Bertz CT molecular complexity index is 935. The van der Waals surface area contributed by atoms with Crippen LogP contribution < -0.4 is 10.6 Å². The van der Waals surface area contributed by atoms with Crippen molar-refractivity contribution in [3.8, 4) is 5.75 Å². The molecule has 2 aromatic rings. The highest BCUT2D eigenvalue weighted by molar-refractivity contribution is 9.10. The lowest BCUT2D eigenvalue weighted by Gasteiger charge is -2.34. The third-order valence-corrected chi connectivity index (χ3v) is 7.64. The largest absolute Gasteiger partial charge is 0.506 e. The van der Waals surface area contributed by atoms with Crippen molar-refractivity contribution in [1.29, 1.82) is 0 Å². The first-order valence-corrected chi connectivity index (χ1v) is 11.0. The van der Waals surface area contributed by atoms with Crippen LogP contribution in [-0.4, -0.2) is 11.0 Å². The van der Waals surface area contributed by atoms with Crippen molar-refractivity contribution in [1.82, 2.24) is 5.32 Å². The van der Waals surface area contributed by atoms with Crippen molar-refractivity contribution >= 4 is 49.8 Å². The van der Waals surface area contributed by atoms with E-state index in [1.54, 1.807) is 23.5 Å². The van der Waals surface area contributed by atoms with Crippen molar-refractivity contribution in [3.05, 3.63) is 43.2 Å². The normalized spacial score (nSPS) is 21.9. The molecule has 4 rings (SSSR count). The highest BCUT2D eigenvalue weighted by atomic mass is 79.9. The van der Waals surface area contributed by atoms with Gasteiger partial charge in [0.05, 0.1) is 10.0 Å². The minimum Gasteiger partial charge on any atom is -0.506 e. The molecule has 2 atom stereocenters. The van der Waals surface area contributed by atoms with Crippen LogP contribution >= 0.6 is 38.9 Å². The number of rotatable bonds is 1. The Labute approximate surface area is 176 Å². The van der Waals surface area contributed by atoms with Gasteiger partial charge in [-0.3, -0.25) is 4.79 Å². The van der Waals surface area contributed by atoms with E-state index in [1.165, 1.54) is 10.4 Å². The molecule has 0 radical (unpaired) electrons. The van der Waals surface area contributed by atoms with Crippen LogP contribution in [-0.2, 0) is 12.8 Å². The van der Waals surface area contributed by atoms with E-state index in [1.807, 2.05) is 0 Å². The van der Waals surface area contributed by atoms with Gasteiger partial charge >= 0.3 is 0 Å². The van der Waals surface area contributed by atoms with Crippen LogP contribution in [0.3, 0.4) is 0 Å². The number of anilines is 1. The lowest BCUT2D eigenvalue weighted by Crippen LogP contribution is -2.38. The fourth-order valence-electron chi connectivity index (χ4n) is 4.00. The molecule has 27 heavy (non-hydrogen) atoms. The Hall–Kier alpha value is -1.24. The Kier molecular flexibility index (Phi) is 4.72. The number of hydrogen-bond donors (Lipinski definition) is 3. The Balaban J connectivity index is 1.69. The summed E-state index contributed by atoms with van der Waals surface area (Å²) in [6.07, 6.45) is 2.55. The van der Waals surface area contributed by atoms with Gasteiger partial charge in [-0.2, -0.15) is 0 Å². The SMILES string of the molecule is CC(C)(C)[C@H]1CCc2c(sc3c2C(=O)N[C@@H](c2cc(Cl)cc(Br)c2O)N3)C1. The maximum Gasteiger partial charge on any atom is 0.256 e. The van der Waals surface area contributed by atoms with E-state index >= 15 is 0 Å². The number of benzene rings is 1. The zero-order valence-electron chi connectivity index (χ0n) is 15.5. The van der Waals surface area contributed by atoms with Gasteiger partial charge in [-0.1, -0.05) is 32.4 Å². The van der Waals surface area contributed by atoms with Crippen molar-refractivity contribution in [3.63, 3.8) is 0 Å². The zero-order chi connectivity index (χ0) is 19.5. The van der Waals surface area contributed by atoms with Gasteiger partial charge < -0.3 is 15.7 Å². The molecule has 1 amide bonds. The number of carbonyl (C=O) groups is 1. The van der Waals surface area contributed by atoms with Gasteiger partial charge in [-0.25, -0.2) is 0 Å². The molecular formula is C20H22BrClN2O2S. The van der Waals surface area contributed by atoms with Crippen LogP contribution in [0.2, 0.25) is 5.02 Å². The van der Waals surface area contributed by atoms with Gasteiger partial charge in [-0.15, -0.1) is 11.3 Å². The molecule has 1 aliphatic heterocycles. The van der Waals surface area contributed by atoms with Gasteiger partial charge in [0, 0.05) is 15.5 Å². The topological polar surface area (TPSA) is 61.4 Å². The summed E-state index contributed by atoms with van der Waals surface area (Å²) in [5.74, 6) is 0.614. The summed E-state index contributed by atoms with van der Waals surface area (Å²) < 4.78 is 0.505. The minimum atomic E-state index is -0.515. The average molecular weight is 470 g/mol. The zero-order valence-corrected chi connectivity index (χ0v) is 18.6. The van der Waals surface area contributed by atoms with Crippen LogP contribution in [0.25, 0.3) is 0 Å². The number of nitrogens with one attached hydrogen (secondary N) is 2. The summed E-state index contributed by atoms with van der Waals surface area (Å²) in [4.78, 5) is 14.2. The molecule has 1 aromatic carbocycles. The molecule has 1 aromatic heterocycles. The molecule has 2 aliphatic rings. The molecule has 144 valence electrons. The number of fused-ring (bicyclic) bond motifs is 3. The number of phenols is 1. The second kappa shape index (κ2) is 6.68. The Morgan fingerprint density at radius 3 is 2.74 bits per heavy atom. The number of amides is 1. The van der Waals surface area contributed by atoms with Crippen molar-refractivity contribution in [2.75, 3.05) is 5.32 Å². The van der Waals surface area contributed by atoms with E-state index in [4.69, 9.17) is 11.6 Å². The smallest absolute Gasteiger partial charge is 0.256 e. The van der Waals surface area contributed by atoms with E-state index in [9.17, 15) is 9.90 Å². The quantitative estimate of drug-likeness (QED) is 0.489. The van der Waals surface area contributed by atoms with Crippen molar-refractivity contribution in [2.45, 2.75) is 46.2 Å². The molecule has 0 fully saturated rings. The molecule has 0 spiro atoms. The van der Waals surface area contributed by atoms with E-state index in [-0.39, 0.29) is 17.1 Å². The first-order chi connectivity index (χ1) is 12.6. The van der Waals surface area contributed by atoms with Crippen molar-refractivity contribution in [2.24, 2.45) is 11.3 Å². The molecule has 0 saturated heterocycles. The number of thiophene rings is 1. The number of hydrogen-bond acceptors (Lipinski definition) is 4. The number of halogens is 2. The average Bonchev–Trinajstić information content (AvgIpc) is 2.95. The maximum absolute atomic E-state index is 12.9. The fraction of sp³-hybridized carbons (Fsp3) is 0.450. The van der Waals surface area contributed by atoms with Crippen LogP contribution in [0.5, 0.6) is 5.75 Å². The van der Waals surface area contributed by atoms with Crippen molar-refractivity contribution < 1.29 is 9.90 Å². The predicted molar refractivity (Wildman–Crippen MR) is 114 cm³/mol. The predicted octanol–water partition coefficient (Wildman–Crippen LogP) is 5.87. The summed E-state index contributed by atoms with van der Waals surface area (Å²) in [7, 11) is 0. The molecule has 0 saturated carbocycles. The summed E-state index contributed by atoms with van der Waals surface area (Å²) in [5.41, 5.74) is 2.78. The minimum absolute atomic E-state index is 0.0785. The maximum atomic E-state index is 12.9. The number of phenolic OH excluding ortho intramolecular Hbond substituents is 1. The van der Waals surface area contributed by atoms with Gasteiger partial charge in [-0.05, 0) is 64.2 Å². The molecule has 0 unspecified atom stereocenters. The summed E-state index contributed by atoms with van der Waals surface area (Å²) in [5, 5.41) is 18.2. The molecule has 1 aliphatic carbocycles. The van der Waals surface area contributed by atoms with E-state index < -0.39 is 6.17 Å². The number of aromatic hydroxyl groups is 1. The number of carbonyl (C=O) groups excluding carboxylic acids is 1. The standard InChI is InChI=1S/C20H22BrClN2O2S/c1-20(2,3)9-4-5-11-14(6-9)27-19-15(11)18(26)23-17(24-19)12-7-10(22)8-13(21)16(12)25/h7-9,17,24-25H,4-6H2,1-3H3,(H,23,26)/t9-,17+/m0/s1. The molecular weight excluding hydrogens is 448 g/mol. The monoisotopic (exact) mass is 468 g/mol. The second-order valence-electron chi connectivity index (χ2n) is 8.39. The van der Waals surface area contributed by atoms with Crippen LogP contribution in [0.15, 0.2) is 16.6 Å². The van der Waals surface area contributed by atoms with Gasteiger partial charge in [0.2, 0.25) is 0 Å². The summed E-state index contributed by atoms with van der Waals surface area (Å²) >= 11 is 11.1. The van der Waals surface area contributed by atoms with Crippen LogP contribution in [0, 0.1) is 11.3 Å². The molecule has 4 nitrogen and oxygen atoms in total. The molecule has 3 N–H and O–H groups in total. The van der Waals surface area contributed by atoms with Crippen LogP contribution in [0.1, 0.15) is 59.7 Å². The van der Waals surface area contributed by atoms with Gasteiger partial charge in [0.1, 0.15) is 16.9 Å². The first kappa shape index (κ1) is 19.1. The highest BCUT2D eigenvalue weighted by Crippen LogP contribution is 2.47. The Morgan fingerprint density at radius 1 is 1.30 bits per heavy atom. The molecule has 7 heteroatoms. The summed E-state index contributed by atoms with van der Waals surface area (Å²) in [6.45, 7) is 6.87. The summed E-state index contributed by atoms with van der Waals surface area (Å²) in [6, 6.07) is 3.31. The van der Waals surface area contributed by atoms with E-state index in [2.05, 4.69) is 47.3 Å². The van der Waals surface area contributed by atoms with Gasteiger partial charge in [0.25, 0.3) is 5.91 Å². The lowest BCUT2D eigenvalue weighted by atomic mass is 9.72. The molecule has 0 bridgehead atoms.